The molecule has 1 N–H and O–H groups in total. The predicted molar refractivity (Wildman–Crippen MR) is 80.9 cm³/mol. The second kappa shape index (κ2) is 7.39. The molecule has 24 heavy (non-hydrogen) atoms. The van der Waals surface area contributed by atoms with Crippen LogP contribution in [0.2, 0.25) is 0 Å². The summed E-state index contributed by atoms with van der Waals surface area (Å²) in [6, 6.07) is 1.38. The number of hydrogen-bond acceptors (Lipinski definition) is 4. The summed E-state index contributed by atoms with van der Waals surface area (Å²) in [6.45, 7) is 2.04. The molecule has 0 saturated carbocycles. The number of allylic oxidation sites excluding steroid dienone is 1. The summed E-state index contributed by atoms with van der Waals surface area (Å²) in [4.78, 5) is 25.8. The normalized spacial score (nSPS) is 17.8. The van der Waals surface area contributed by atoms with Crippen LogP contribution >= 0.6 is 0 Å². The Hall–Kier alpha value is -2.48. The van der Waals surface area contributed by atoms with Crippen molar-refractivity contribution in [1.82, 2.24) is 10.2 Å². The van der Waals surface area contributed by atoms with E-state index in [4.69, 9.17) is 9.47 Å². The molecule has 1 aliphatic heterocycles. The van der Waals surface area contributed by atoms with E-state index in [1.54, 1.807) is 6.92 Å². The van der Waals surface area contributed by atoms with Gasteiger partial charge in [-0.3, -0.25) is 4.90 Å². The molecule has 1 aromatic rings. The van der Waals surface area contributed by atoms with Crippen LogP contribution in [0.5, 0.6) is 0 Å². The number of ether oxygens (including phenoxy) is 2. The Labute approximate surface area is 138 Å². The highest BCUT2D eigenvalue weighted by Gasteiger charge is 2.37. The molecule has 2 amide bonds. The fourth-order valence-corrected chi connectivity index (χ4v) is 2.58. The van der Waals surface area contributed by atoms with Crippen molar-refractivity contribution in [3.8, 4) is 0 Å². The van der Waals surface area contributed by atoms with E-state index in [9.17, 15) is 18.4 Å². The topological polar surface area (TPSA) is 67.9 Å². The Morgan fingerprint density at radius 2 is 2.04 bits per heavy atom. The molecule has 0 saturated heterocycles. The van der Waals surface area contributed by atoms with Crippen molar-refractivity contribution in [2.24, 2.45) is 0 Å². The van der Waals surface area contributed by atoms with Crippen molar-refractivity contribution in [1.29, 1.82) is 0 Å². The molecule has 1 heterocycles. The van der Waals surface area contributed by atoms with Gasteiger partial charge in [-0.2, -0.15) is 0 Å². The second-order valence-electron chi connectivity index (χ2n) is 5.18. The van der Waals surface area contributed by atoms with Crippen LogP contribution in [0.15, 0.2) is 29.5 Å². The first-order valence-electron chi connectivity index (χ1n) is 7.21. The minimum atomic E-state index is -1.07. The van der Waals surface area contributed by atoms with Crippen LogP contribution in [0.1, 0.15) is 18.5 Å². The van der Waals surface area contributed by atoms with E-state index < -0.39 is 29.7 Å². The summed E-state index contributed by atoms with van der Waals surface area (Å²) < 4.78 is 37.0. The predicted octanol–water partition coefficient (Wildman–Crippen LogP) is 2.12. The van der Waals surface area contributed by atoms with E-state index in [0.717, 1.165) is 6.07 Å². The van der Waals surface area contributed by atoms with Crippen molar-refractivity contribution >= 4 is 12.0 Å². The van der Waals surface area contributed by atoms with Crippen molar-refractivity contribution < 1.29 is 27.8 Å². The van der Waals surface area contributed by atoms with Crippen molar-refractivity contribution in [3.63, 3.8) is 0 Å². The largest absolute Gasteiger partial charge is 0.466 e. The van der Waals surface area contributed by atoms with Gasteiger partial charge in [-0.1, -0.05) is 6.07 Å². The van der Waals surface area contributed by atoms with Gasteiger partial charge in [0.1, 0.15) is 11.6 Å². The molecule has 1 atom stereocenters. The number of hydrogen-bond donors (Lipinski definition) is 1. The zero-order chi connectivity index (χ0) is 17.9. The fourth-order valence-electron chi connectivity index (χ4n) is 2.58. The number of halogens is 2. The lowest BCUT2D eigenvalue weighted by Gasteiger charge is -2.35. The molecule has 8 heteroatoms. The third-order valence-corrected chi connectivity index (χ3v) is 3.79. The van der Waals surface area contributed by atoms with E-state index >= 15 is 0 Å². The van der Waals surface area contributed by atoms with Crippen molar-refractivity contribution in [2.45, 2.75) is 13.0 Å². The molecule has 0 spiro atoms. The first-order valence-corrected chi connectivity index (χ1v) is 7.21. The summed E-state index contributed by atoms with van der Waals surface area (Å²) in [5.74, 6) is -2.32. The summed E-state index contributed by atoms with van der Waals surface area (Å²) in [5.41, 5.74) is 0.394. The van der Waals surface area contributed by atoms with Crippen molar-refractivity contribution in [2.75, 3.05) is 27.4 Å². The minimum absolute atomic E-state index is 0.0177. The number of nitrogens with one attached hydrogen (secondary N) is 1. The second-order valence-corrected chi connectivity index (χ2v) is 5.18. The number of nitrogens with zero attached hydrogens (tertiary/aromatic N) is 1. The summed E-state index contributed by atoms with van der Waals surface area (Å²) in [6.07, 6.45) is 0. The van der Waals surface area contributed by atoms with Gasteiger partial charge >= 0.3 is 12.0 Å². The maximum absolute atomic E-state index is 14.1. The number of urea groups is 1. The number of esters is 1. The molecule has 0 fully saturated rings. The average molecular weight is 340 g/mol. The van der Waals surface area contributed by atoms with Gasteiger partial charge in [-0.15, -0.1) is 0 Å². The highest BCUT2D eigenvalue weighted by atomic mass is 19.1. The smallest absolute Gasteiger partial charge is 0.337 e. The van der Waals surface area contributed by atoms with Gasteiger partial charge in [-0.05, 0) is 13.0 Å². The number of carbonyl (C=O) groups excluding carboxylic acids is 2. The molecular weight excluding hydrogens is 322 g/mol. The molecule has 0 aromatic heterocycles. The average Bonchev–Trinajstić information content (AvgIpc) is 2.53. The quantitative estimate of drug-likeness (QED) is 0.834. The number of amides is 2. The number of methoxy groups -OCH3 is 2. The molecule has 2 rings (SSSR count). The first-order chi connectivity index (χ1) is 11.4. The Bertz CT molecular complexity index is 691. The molecule has 130 valence electrons. The van der Waals surface area contributed by atoms with Crippen LogP contribution in [0, 0.1) is 11.6 Å². The molecule has 0 unspecified atom stereocenters. The summed E-state index contributed by atoms with van der Waals surface area (Å²) in [5, 5.41) is 2.56. The van der Waals surface area contributed by atoms with Crippen LogP contribution in [-0.2, 0) is 14.3 Å². The van der Waals surface area contributed by atoms with E-state index in [0.29, 0.717) is 11.8 Å². The Morgan fingerprint density at radius 3 is 2.62 bits per heavy atom. The zero-order valence-corrected chi connectivity index (χ0v) is 13.6. The molecule has 0 bridgehead atoms. The standard InChI is InChI=1S/C16H18F2N2O4/c1-9-13(15(21)24-3)14(11-5-4-10(17)8-12(11)18)19-16(22)20(9)6-7-23-2/h4-5,8,14H,6-7H2,1-3H3,(H,19,22)/t14-/m1/s1. The van der Waals surface area contributed by atoms with Crippen LogP contribution in [0.3, 0.4) is 0 Å². The summed E-state index contributed by atoms with van der Waals surface area (Å²) in [7, 11) is 2.68. The molecular formula is C16H18F2N2O4. The lowest BCUT2D eigenvalue weighted by atomic mass is 9.94. The van der Waals surface area contributed by atoms with Crippen molar-refractivity contribution in [3.05, 3.63) is 46.7 Å². The Morgan fingerprint density at radius 1 is 1.33 bits per heavy atom. The maximum Gasteiger partial charge on any atom is 0.337 e. The third-order valence-electron chi connectivity index (χ3n) is 3.79. The van der Waals surface area contributed by atoms with Gasteiger partial charge in [-0.25, -0.2) is 18.4 Å². The molecule has 0 aliphatic carbocycles. The van der Waals surface area contributed by atoms with E-state index in [2.05, 4.69) is 5.32 Å². The number of rotatable bonds is 5. The van der Waals surface area contributed by atoms with Crippen LogP contribution in [0.25, 0.3) is 0 Å². The lowest BCUT2D eigenvalue weighted by Crippen LogP contribution is -2.49. The van der Waals surface area contributed by atoms with Gasteiger partial charge in [0.2, 0.25) is 0 Å². The first kappa shape index (κ1) is 17.9. The van der Waals surface area contributed by atoms with E-state index in [1.165, 1.54) is 25.2 Å². The SMILES string of the molecule is COCCN1C(=O)N[C@H](c2ccc(F)cc2F)C(C(=O)OC)=C1C. The summed E-state index contributed by atoms with van der Waals surface area (Å²) >= 11 is 0. The van der Waals surface area contributed by atoms with E-state index in [-0.39, 0.29) is 24.3 Å². The monoisotopic (exact) mass is 340 g/mol. The Kier molecular flexibility index (Phi) is 5.50. The highest BCUT2D eigenvalue weighted by Crippen LogP contribution is 2.32. The van der Waals surface area contributed by atoms with Gasteiger partial charge in [0.05, 0.1) is 31.9 Å². The van der Waals surface area contributed by atoms with E-state index in [1.807, 2.05) is 0 Å². The van der Waals surface area contributed by atoms with Crippen LogP contribution in [0.4, 0.5) is 13.6 Å². The number of benzene rings is 1. The van der Waals surface area contributed by atoms with Gasteiger partial charge in [0.25, 0.3) is 0 Å². The minimum Gasteiger partial charge on any atom is -0.466 e. The van der Waals surface area contributed by atoms with Crippen LogP contribution < -0.4 is 5.32 Å². The molecule has 1 aliphatic rings. The molecule has 0 radical (unpaired) electrons. The fraction of sp³-hybridized carbons (Fsp3) is 0.375. The van der Waals surface area contributed by atoms with Gasteiger partial charge < -0.3 is 14.8 Å². The van der Waals surface area contributed by atoms with Crippen LogP contribution in [-0.4, -0.2) is 44.3 Å². The van der Waals surface area contributed by atoms with Gasteiger partial charge in [0, 0.05) is 24.4 Å². The zero-order valence-electron chi connectivity index (χ0n) is 13.6. The Balaban J connectivity index is 2.52. The third kappa shape index (κ3) is 3.38. The molecule has 1 aromatic carbocycles. The number of carbonyl (C=O) groups is 2. The maximum atomic E-state index is 14.1. The highest BCUT2D eigenvalue weighted by molar-refractivity contribution is 5.95. The van der Waals surface area contributed by atoms with Gasteiger partial charge in [0.15, 0.2) is 0 Å². The lowest BCUT2D eigenvalue weighted by molar-refractivity contribution is -0.136. The molecule has 6 nitrogen and oxygen atoms in total.